The molecule has 2 fully saturated rings. The lowest BCUT2D eigenvalue weighted by molar-refractivity contribution is -0.0149. The van der Waals surface area contributed by atoms with Crippen molar-refractivity contribution >= 4 is 11.9 Å². The van der Waals surface area contributed by atoms with Gasteiger partial charge in [0, 0.05) is 26.7 Å². The molecular weight excluding hydrogens is 374 g/mol. The molecular formula is C21H25N3O5. The second-order valence-corrected chi connectivity index (χ2v) is 7.66. The van der Waals surface area contributed by atoms with Crippen LogP contribution in [0.25, 0.3) is 0 Å². The normalized spacial score (nSPS) is 18.2. The fraction of sp³-hybridized carbons (Fsp3) is 0.476. The predicted molar refractivity (Wildman–Crippen MR) is 107 cm³/mol. The van der Waals surface area contributed by atoms with E-state index in [1.54, 1.807) is 7.05 Å². The van der Waals surface area contributed by atoms with Gasteiger partial charge >= 0.3 is 5.97 Å². The van der Waals surface area contributed by atoms with Gasteiger partial charge in [0.2, 0.25) is 11.7 Å². The topological polar surface area (TPSA) is 93.9 Å². The predicted octanol–water partition coefficient (Wildman–Crippen LogP) is 2.21. The molecule has 1 spiro atoms. The summed E-state index contributed by atoms with van der Waals surface area (Å²) >= 11 is 0. The van der Waals surface area contributed by atoms with E-state index in [9.17, 15) is 14.7 Å². The number of carboxylic acid groups (broad SMARTS) is 1. The van der Waals surface area contributed by atoms with Crippen LogP contribution in [0.2, 0.25) is 0 Å². The van der Waals surface area contributed by atoms with Gasteiger partial charge in [0.25, 0.3) is 5.56 Å². The number of hydrogen-bond donors (Lipinski definition) is 1. The first-order chi connectivity index (χ1) is 14.0. The number of hydrogen-bond acceptors (Lipinski definition) is 6. The Hall–Kier alpha value is -2.87. The van der Waals surface area contributed by atoms with Crippen LogP contribution >= 0.6 is 0 Å². The van der Waals surface area contributed by atoms with Crippen molar-refractivity contribution in [2.75, 3.05) is 24.6 Å². The summed E-state index contributed by atoms with van der Waals surface area (Å²) in [5, 5.41) is 9.64. The van der Waals surface area contributed by atoms with Crippen LogP contribution < -0.4 is 15.2 Å². The van der Waals surface area contributed by atoms with Gasteiger partial charge in [-0.3, -0.25) is 9.36 Å². The minimum Gasteiger partial charge on any atom is -0.481 e. The molecule has 1 N–H and O–H groups in total. The summed E-state index contributed by atoms with van der Waals surface area (Å²) in [4.78, 5) is 31.0. The van der Waals surface area contributed by atoms with Crippen LogP contribution in [0.3, 0.4) is 0 Å². The average molecular weight is 399 g/mol. The first-order valence-electron chi connectivity index (χ1n) is 9.89. The summed E-state index contributed by atoms with van der Waals surface area (Å²) in [6.45, 7) is 2.24. The number of aromatic nitrogens is 2. The van der Waals surface area contributed by atoms with Gasteiger partial charge in [-0.1, -0.05) is 30.3 Å². The van der Waals surface area contributed by atoms with Gasteiger partial charge < -0.3 is 19.5 Å². The molecule has 154 valence electrons. The highest BCUT2D eigenvalue weighted by Crippen LogP contribution is 2.36. The molecule has 0 unspecified atom stereocenters. The van der Waals surface area contributed by atoms with E-state index < -0.39 is 11.5 Å². The van der Waals surface area contributed by atoms with Crippen LogP contribution in [0.4, 0.5) is 5.95 Å². The van der Waals surface area contributed by atoms with Gasteiger partial charge in [-0.25, -0.2) is 9.78 Å². The fourth-order valence-electron chi connectivity index (χ4n) is 4.12. The Morgan fingerprint density at radius 2 is 1.97 bits per heavy atom. The van der Waals surface area contributed by atoms with Crippen molar-refractivity contribution in [2.24, 2.45) is 7.05 Å². The Bertz CT molecular complexity index is 941. The maximum absolute atomic E-state index is 12.9. The molecule has 0 amide bonds. The third-order valence-corrected chi connectivity index (χ3v) is 5.80. The summed E-state index contributed by atoms with van der Waals surface area (Å²) in [6.07, 6.45) is 3.82. The zero-order valence-corrected chi connectivity index (χ0v) is 16.5. The van der Waals surface area contributed by atoms with Crippen molar-refractivity contribution in [3.05, 3.63) is 51.9 Å². The van der Waals surface area contributed by atoms with E-state index in [4.69, 9.17) is 9.47 Å². The minimum absolute atomic E-state index is 0.0657. The van der Waals surface area contributed by atoms with Gasteiger partial charge in [-0.15, -0.1) is 0 Å². The molecule has 2 saturated heterocycles. The molecule has 4 rings (SSSR count). The average Bonchev–Trinajstić information content (AvgIpc) is 3.18. The number of nitrogens with zero attached hydrogens (tertiary/aromatic N) is 3. The van der Waals surface area contributed by atoms with Crippen molar-refractivity contribution in [2.45, 2.75) is 37.9 Å². The van der Waals surface area contributed by atoms with Crippen LogP contribution in [-0.2, 0) is 18.4 Å². The third-order valence-electron chi connectivity index (χ3n) is 5.80. The quantitative estimate of drug-likeness (QED) is 0.824. The van der Waals surface area contributed by atoms with Gasteiger partial charge in [0.15, 0.2) is 5.69 Å². The Balaban J connectivity index is 1.59. The zero-order chi connectivity index (χ0) is 20.4. The monoisotopic (exact) mass is 399 g/mol. The first kappa shape index (κ1) is 19.4. The van der Waals surface area contributed by atoms with Crippen LogP contribution in [0, 0.1) is 0 Å². The second kappa shape index (κ2) is 7.87. The molecule has 2 aliphatic heterocycles. The van der Waals surface area contributed by atoms with Crippen LogP contribution in [0.5, 0.6) is 5.75 Å². The van der Waals surface area contributed by atoms with E-state index in [1.807, 2.05) is 35.2 Å². The molecule has 8 nitrogen and oxygen atoms in total. The maximum atomic E-state index is 12.9. The number of ether oxygens (including phenoxy) is 2. The lowest BCUT2D eigenvalue weighted by atomic mass is 9.89. The molecule has 1 aromatic carbocycles. The highest BCUT2D eigenvalue weighted by molar-refractivity contribution is 5.88. The van der Waals surface area contributed by atoms with Crippen molar-refractivity contribution in [1.29, 1.82) is 0 Å². The van der Waals surface area contributed by atoms with E-state index in [0.717, 1.165) is 37.9 Å². The molecule has 3 heterocycles. The van der Waals surface area contributed by atoms with Gasteiger partial charge in [0.05, 0.1) is 5.60 Å². The molecule has 0 bridgehead atoms. The van der Waals surface area contributed by atoms with Gasteiger partial charge in [0.1, 0.15) is 6.61 Å². The minimum atomic E-state index is -1.28. The second-order valence-electron chi connectivity index (χ2n) is 7.66. The largest absolute Gasteiger partial charge is 0.481 e. The van der Waals surface area contributed by atoms with E-state index in [0.29, 0.717) is 19.0 Å². The molecule has 0 radical (unpaired) electrons. The number of rotatable bonds is 5. The molecule has 0 aliphatic carbocycles. The molecule has 1 aromatic heterocycles. The Morgan fingerprint density at radius 3 is 2.59 bits per heavy atom. The van der Waals surface area contributed by atoms with E-state index in [1.165, 1.54) is 4.57 Å². The third kappa shape index (κ3) is 3.85. The summed E-state index contributed by atoms with van der Waals surface area (Å²) in [5.41, 5.74) is -0.0750. The zero-order valence-electron chi connectivity index (χ0n) is 16.5. The van der Waals surface area contributed by atoms with Gasteiger partial charge in [-0.05, 0) is 31.2 Å². The maximum Gasteiger partial charge on any atom is 0.358 e. The lowest BCUT2D eigenvalue weighted by Crippen LogP contribution is -2.46. The highest BCUT2D eigenvalue weighted by atomic mass is 16.5. The number of aromatic carboxylic acids is 1. The van der Waals surface area contributed by atoms with Crippen LogP contribution in [-0.4, -0.2) is 45.9 Å². The first-order valence-corrected chi connectivity index (χ1v) is 9.89. The number of piperidine rings is 1. The van der Waals surface area contributed by atoms with Crippen molar-refractivity contribution in [3.63, 3.8) is 0 Å². The fourth-order valence-corrected chi connectivity index (χ4v) is 4.12. The summed E-state index contributed by atoms with van der Waals surface area (Å²) in [5.74, 6) is -1.16. The standard InChI is InChI=1S/C21H25N3O5/c1-23-18(25)17(28-14-15-6-3-2-4-7-15)16(19(26)27)22-20(23)24-11-9-21(10-12-24)8-5-13-29-21/h2-4,6-7H,5,8-14H2,1H3,(H,26,27). The Morgan fingerprint density at radius 1 is 1.24 bits per heavy atom. The molecule has 2 aliphatic rings. The van der Waals surface area contributed by atoms with Crippen molar-refractivity contribution < 1.29 is 19.4 Å². The van der Waals surface area contributed by atoms with E-state index in [-0.39, 0.29) is 23.7 Å². The highest BCUT2D eigenvalue weighted by Gasteiger charge is 2.39. The van der Waals surface area contributed by atoms with Gasteiger partial charge in [-0.2, -0.15) is 0 Å². The van der Waals surface area contributed by atoms with Crippen molar-refractivity contribution in [1.82, 2.24) is 9.55 Å². The number of carbonyl (C=O) groups is 1. The molecule has 29 heavy (non-hydrogen) atoms. The summed E-state index contributed by atoms with van der Waals surface area (Å²) < 4.78 is 12.9. The number of carboxylic acids is 1. The molecule has 0 atom stereocenters. The number of anilines is 1. The smallest absolute Gasteiger partial charge is 0.358 e. The molecule has 8 heteroatoms. The SMILES string of the molecule is Cn1c(N2CCC3(CCCO3)CC2)nc(C(=O)O)c(OCc2ccccc2)c1=O. The van der Waals surface area contributed by atoms with Crippen molar-refractivity contribution in [3.8, 4) is 5.75 Å². The van der Waals surface area contributed by atoms with E-state index in [2.05, 4.69) is 4.98 Å². The number of benzene rings is 1. The lowest BCUT2D eigenvalue weighted by Gasteiger charge is -2.39. The molecule has 2 aromatic rings. The summed E-state index contributed by atoms with van der Waals surface area (Å²) in [6, 6.07) is 9.28. The van der Waals surface area contributed by atoms with Crippen LogP contribution in [0.15, 0.2) is 35.1 Å². The van der Waals surface area contributed by atoms with E-state index >= 15 is 0 Å². The molecule has 0 saturated carbocycles. The Kier molecular flexibility index (Phi) is 5.27. The Labute approximate surface area is 168 Å². The van der Waals surface area contributed by atoms with Crippen LogP contribution in [0.1, 0.15) is 41.7 Å². The summed E-state index contributed by atoms with van der Waals surface area (Å²) in [7, 11) is 1.60.